The van der Waals surface area contributed by atoms with Crippen LogP contribution < -0.4 is 0 Å². The summed E-state index contributed by atoms with van der Waals surface area (Å²) in [7, 11) is 0. The lowest BCUT2D eigenvalue weighted by molar-refractivity contribution is -0.119. The molecule has 1 aliphatic rings. The third kappa shape index (κ3) is 2.53. The highest BCUT2D eigenvalue weighted by atomic mass is 16.7. The molecule has 1 aromatic carbocycles. The van der Waals surface area contributed by atoms with Crippen LogP contribution in [-0.2, 0) is 14.3 Å². The van der Waals surface area contributed by atoms with E-state index in [2.05, 4.69) is 0 Å². The fourth-order valence-electron chi connectivity index (χ4n) is 1.76. The van der Waals surface area contributed by atoms with Gasteiger partial charge in [-0.05, 0) is 0 Å². The van der Waals surface area contributed by atoms with Crippen LogP contribution in [0.5, 0.6) is 0 Å². The first-order valence-corrected chi connectivity index (χ1v) is 5.36. The van der Waals surface area contributed by atoms with Gasteiger partial charge in [-0.15, -0.1) is 0 Å². The molecular formula is C12H14O5. The van der Waals surface area contributed by atoms with E-state index in [1.165, 1.54) is 0 Å². The van der Waals surface area contributed by atoms with Crippen LogP contribution in [0.3, 0.4) is 0 Å². The summed E-state index contributed by atoms with van der Waals surface area (Å²) in [4.78, 5) is 10.8. The van der Waals surface area contributed by atoms with Crippen LogP contribution in [0.2, 0.25) is 0 Å². The molecule has 17 heavy (non-hydrogen) atoms. The third-order valence-electron chi connectivity index (χ3n) is 2.66. The number of rotatable bonds is 4. The monoisotopic (exact) mass is 238 g/mol. The first-order valence-electron chi connectivity index (χ1n) is 5.36. The maximum Gasteiger partial charge on any atom is 0.185 e. The molecular weight excluding hydrogens is 224 g/mol. The van der Waals surface area contributed by atoms with Crippen LogP contribution in [-0.4, -0.2) is 41.4 Å². The third-order valence-corrected chi connectivity index (χ3v) is 2.66. The maximum atomic E-state index is 10.8. The molecule has 92 valence electrons. The van der Waals surface area contributed by atoms with E-state index in [1.54, 1.807) is 12.1 Å². The molecule has 1 saturated heterocycles. The van der Waals surface area contributed by atoms with Crippen molar-refractivity contribution < 1.29 is 24.5 Å². The largest absolute Gasteiger partial charge is 0.394 e. The minimum Gasteiger partial charge on any atom is -0.394 e. The zero-order chi connectivity index (χ0) is 12.3. The quantitative estimate of drug-likeness (QED) is 0.723. The standard InChI is InChI=1S/C12H14O5/c13-6-9(15)11-10(7-14)16-12(17-11)8-4-2-1-3-5-8/h1-5,7,9-13,15H,6H2/t9-,10+,11-,12?/m1/s1. The van der Waals surface area contributed by atoms with E-state index in [0.29, 0.717) is 6.29 Å². The van der Waals surface area contributed by atoms with Gasteiger partial charge in [0.15, 0.2) is 12.6 Å². The van der Waals surface area contributed by atoms with Crippen molar-refractivity contribution in [1.82, 2.24) is 0 Å². The van der Waals surface area contributed by atoms with Crippen LogP contribution in [0.1, 0.15) is 11.9 Å². The SMILES string of the molecule is O=C[C@@H]1OC(c2ccccc2)O[C@@H]1[C@H](O)CO. The van der Waals surface area contributed by atoms with E-state index < -0.39 is 31.2 Å². The van der Waals surface area contributed by atoms with Gasteiger partial charge in [0.05, 0.1) is 6.61 Å². The Kier molecular flexibility index (Phi) is 3.86. The molecule has 1 unspecified atom stereocenters. The molecule has 5 heteroatoms. The molecule has 1 heterocycles. The lowest BCUT2D eigenvalue weighted by atomic mass is 10.1. The predicted molar refractivity (Wildman–Crippen MR) is 58.1 cm³/mol. The summed E-state index contributed by atoms with van der Waals surface area (Å²) in [6.07, 6.45) is -2.92. The molecule has 4 atom stereocenters. The van der Waals surface area contributed by atoms with Crippen LogP contribution in [0, 0.1) is 0 Å². The van der Waals surface area contributed by atoms with Crippen molar-refractivity contribution in [3.63, 3.8) is 0 Å². The summed E-state index contributed by atoms with van der Waals surface area (Å²) in [5, 5.41) is 18.4. The summed E-state index contributed by atoms with van der Waals surface area (Å²) >= 11 is 0. The van der Waals surface area contributed by atoms with Crippen molar-refractivity contribution in [1.29, 1.82) is 0 Å². The highest BCUT2D eigenvalue weighted by Crippen LogP contribution is 2.31. The van der Waals surface area contributed by atoms with E-state index in [0.717, 1.165) is 5.56 Å². The lowest BCUT2D eigenvalue weighted by Crippen LogP contribution is -2.38. The van der Waals surface area contributed by atoms with Crippen molar-refractivity contribution in [3.05, 3.63) is 35.9 Å². The van der Waals surface area contributed by atoms with Gasteiger partial charge in [0.1, 0.15) is 18.3 Å². The number of aliphatic hydroxyl groups is 2. The van der Waals surface area contributed by atoms with Crippen molar-refractivity contribution in [3.8, 4) is 0 Å². The van der Waals surface area contributed by atoms with Gasteiger partial charge in [-0.3, -0.25) is 0 Å². The Hall–Kier alpha value is -1.27. The second kappa shape index (κ2) is 5.37. The Balaban J connectivity index is 2.12. The van der Waals surface area contributed by atoms with E-state index in [9.17, 15) is 9.90 Å². The van der Waals surface area contributed by atoms with Gasteiger partial charge in [-0.2, -0.15) is 0 Å². The average Bonchev–Trinajstić information content (AvgIpc) is 2.83. The minimum absolute atomic E-state index is 0.472. The van der Waals surface area contributed by atoms with E-state index >= 15 is 0 Å². The van der Waals surface area contributed by atoms with Gasteiger partial charge in [0.25, 0.3) is 0 Å². The number of carbonyl (C=O) groups excluding carboxylic acids is 1. The number of aldehydes is 1. The molecule has 5 nitrogen and oxygen atoms in total. The normalized spacial score (nSPS) is 30.1. The Morgan fingerprint density at radius 2 is 2.00 bits per heavy atom. The molecule has 1 aromatic rings. The van der Waals surface area contributed by atoms with Crippen LogP contribution in [0.15, 0.2) is 30.3 Å². The van der Waals surface area contributed by atoms with Gasteiger partial charge in [0.2, 0.25) is 0 Å². The maximum absolute atomic E-state index is 10.8. The van der Waals surface area contributed by atoms with Crippen molar-refractivity contribution in [2.45, 2.75) is 24.6 Å². The molecule has 0 amide bonds. The number of aliphatic hydroxyl groups excluding tert-OH is 2. The highest BCUT2D eigenvalue weighted by molar-refractivity contribution is 5.58. The van der Waals surface area contributed by atoms with Gasteiger partial charge in [-0.25, -0.2) is 0 Å². The van der Waals surface area contributed by atoms with Gasteiger partial charge >= 0.3 is 0 Å². The first kappa shape index (κ1) is 12.2. The van der Waals surface area contributed by atoms with E-state index in [1.807, 2.05) is 18.2 Å². The Bertz CT molecular complexity index is 366. The molecule has 0 bridgehead atoms. The van der Waals surface area contributed by atoms with Crippen molar-refractivity contribution >= 4 is 6.29 Å². The lowest BCUT2D eigenvalue weighted by Gasteiger charge is -2.16. The van der Waals surface area contributed by atoms with E-state index in [4.69, 9.17) is 14.6 Å². The number of ether oxygens (including phenoxy) is 2. The van der Waals surface area contributed by atoms with Crippen LogP contribution >= 0.6 is 0 Å². The molecule has 1 aliphatic heterocycles. The Morgan fingerprint density at radius 3 is 2.59 bits per heavy atom. The molecule has 0 aromatic heterocycles. The fourth-order valence-corrected chi connectivity index (χ4v) is 1.76. The molecule has 0 spiro atoms. The smallest absolute Gasteiger partial charge is 0.185 e. The topological polar surface area (TPSA) is 76.0 Å². The Labute approximate surface area is 98.6 Å². The van der Waals surface area contributed by atoms with Gasteiger partial charge in [-0.1, -0.05) is 30.3 Å². The first-order chi connectivity index (χ1) is 8.26. The number of benzene rings is 1. The number of hydrogen-bond acceptors (Lipinski definition) is 5. The fraction of sp³-hybridized carbons (Fsp3) is 0.417. The summed E-state index contributed by atoms with van der Waals surface area (Å²) < 4.78 is 10.8. The summed E-state index contributed by atoms with van der Waals surface area (Å²) in [5.74, 6) is 0. The van der Waals surface area contributed by atoms with E-state index in [-0.39, 0.29) is 0 Å². The molecule has 0 saturated carbocycles. The second-order valence-corrected chi connectivity index (χ2v) is 3.83. The van der Waals surface area contributed by atoms with Gasteiger partial charge in [0, 0.05) is 5.56 Å². The zero-order valence-electron chi connectivity index (χ0n) is 9.10. The van der Waals surface area contributed by atoms with Gasteiger partial charge < -0.3 is 24.5 Å². The van der Waals surface area contributed by atoms with Crippen LogP contribution in [0.4, 0.5) is 0 Å². The number of carbonyl (C=O) groups is 1. The Morgan fingerprint density at radius 1 is 1.29 bits per heavy atom. The molecule has 0 radical (unpaired) electrons. The van der Waals surface area contributed by atoms with Crippen LogP contribution in [0.25, 0.3) is 0 Å². The number of hydrogen-bond donors (Lipinski definition) is 2. The molecule has 2 N–H and O–H groups in total. The average molecular weight is 238 g/mol. The zero-order valence-corrected chi connectivity index (χ0v) is 9.10. The predicted octanol–water partition coefficient (Wildman–Crippen LogP) is 0.0213. The van der Waals surface area contributed by atoms with Crippen molar-refractivity contribution in [2.75, 3.05) is 6.61 Å². The molecule has 2 rings (SSSR count). The summed E-state index contributed by atoms with van der Waals surface area (Å²) in [5.41, 5.74) is 0.770. The summed E-state index contributed by atoms with van der Waals surface area (Å²) in [6, 6.07) is 9.12. The second-order valence-electron chi connectivity index (χ2n) is 3.83. The minimum atomic E-state index is -1.13. The van der Waals surface area contributed by atoms with Crippen molar-refractivity contribution in [2.24, 2.45) is 0 Å². The molecule has 0 aliphatic carbocycles. The highest BCUT2D eigenvalue weighted by Gasteiger charge is 2.40. The summed E-state index contributed by atoms with van der Waals surface area (Å²) in [6.45, 7) is -0.472. The molecule has 1 fully saturated rings.